The number of likely N-dealkylation sites (tertiary alicyclic amines) is 1. The van der Waals surface area contributed by atoms with Crippen LogP contribution in [0.15, 0.2) is 0 Å². The van der Waals surface area contributed by atoms with Gasteiger partial charge in [0.1, 0.15) is 6.04 Å². The molecule has 0 bridgehead atoms. The van der Waals surface area contributed by atoms with Gasteiger partial charge >= 0.3 is 8.25 Å². The smallest absolute Gasteiger partial charge is 0.326 e. The highest BCUT2D eigenvalue weighted by Gasteiger charge is 2.49. The van der Waals surface area contributed by atoms with E-state index in [4.69, 9.17) is 15.2 Å². The molecule has 1 unspecified atom stereocenters. The highest BCUT2D eigenvalue weighted by molar-refractivity contribution is 7.32. The van der Waals surface area contributed by atoms with Crippen LogP contribution in [-0.2, 0) is 18.7 Å². The van der Waals surface area contributed by atoms with Crippen molar-refractivity contribution in [3.05, 3.63) is 0 Å². The lowest BCUT2D eigenvalue weighted by Crippen LogP contribution is -2.58. The topological polar surface area (TPSA) is 122 Å². The molecule has 8 nitrogen and oxygen atoms in total. The standard InChI is InChI=1S/C19H34N3O5P/c1-5-8-15(27-28(25)26)21-17(23)14-11-12-9-6-7-10-13(12)22(14)18(24)16(20)19(2,3)4/h12-16H,5-11,20H2,1-4H3,(H-,21,23,25,26)/p+1/t12-,13-,14-,15+,16+/m0/s1. The quantitative estimate of drug-likeness (QED) is 0.433. The maximum atomic E-state index is 13.3. The Kier molecular flexibility index (Phi) is 7.97. The normalized spacial score (nSPS) is 27.7. The SMILES string of the molecule is CCC[C@H](NC(=O)[C@@H]1C[C@@H]2CCCC[C@@H]2N1C(=O)[C@@H](N)C(C)(C)C)O[P+](=O)O. The minimum Gasteiger partial charge on any atom is -0.326 e. The third-order valence-corrected chi connectivity index (χ3v) is 6.35. The van der Waals surface area contributed by atoms with E-state index in [9.17, 15) is 14.2 Å². The van der Waals surface area contributed by atoms with Gasteiger partial charge in [-0.2, -0.15) is 0 Å². The molecule has 9 heteroatoms. The summed E-state index contributed by atoms with van der Waals surface area (Å²) in [5.74, 6) is -0.233. The number of fused-ring (bicyclic) bond motifs is 1. The van der Waals surface area contributed by atoms with Crippen molar-refractivity contribution in [2.45, 2.75) is 97.0 Å². The average Bonchev–Trinajstić information content (AvgIpc) is 2.99. The zero-order chi connectivity index (χ0) is 21.1. The van der Waals surface area contributed by atoms with Crippen molar-refractivity contribution in [3.8, 4) is 0 Å². The van der Waals surface area contributed by atoms with Gasteiger partial charge in [-0.3, -0.25) is 9.59 Å². The molecule has 1 saturated carbocycles. The van der Waals surface area contributed by atoms with E-state index < -0.39 is 32.0 Å². The number of nitrogens with one attached hydrogen (secondary N) is 1. The Morgan fingerprint density at radius 1 is 1.32 bits per heavy atom. The van der Waals surface area contributed by atoms with Crippen LogP contribution in [0.5, 0.6) is 0 Å². The molecule has 0 radical (unpaired) electrons. The number of nitrogens with zero attached hydrogens (tertiary/aromatic N) is 1. The first-order valence-electron chi connectivity index (χ1n) is 10.3. The third kappa shape index (κ3) is 5.50. The van der Waals surface area contributed by atoms with Gasteiger partial charge in [-0.1, -0.05) is 51.5 Å². The van der Waals surface area contributed by atoms with Crippen LogP contribution in [-0.4, -0.2) is 46.0 Å². The molecule has 0 aromatic heterocycles. The van der Waals surface area contributed by atoms with Crippen LogP contribution in [0, 0.1) is 11.3 Å². The lowest BCUT2D eigenvalue weighted by molar-refractivity contribution is -0.144. The van der Waals surface area contributed by atoms with Gasteiger partial charge in [0, 0.05) is 10.6 Å². The fourth-order valence-corrected chi connectivity index (χ4v) is 4.70. The van der Waals surface area contributed by atoms with Crippen molar-refractivity contribution >= 4 is 20.1 Å². The van der Waals surface area contributed by atoms with Crippen LogP contribution in [0.4, 0.5) is 0 Å². The first kappa shape index (κ1) is 23.2. The molecule has 0 aromatic rings. The summed E-state index contributed by atoms with van der Waals surface area (Å²) in [5.41, 5.74) is 5.85. The van der Waals surface area contributed by atoms with Crippen molar-refractivity contribution in [2.24, 2.45) is 17.1 Å². The fraction of sp³-hybridized carbons (Fsp3) is 0.895. The number of hydrogen-bond acceptors (Lipinski definition) is 5. The molecule has 2 amide bonds. The minimum absolute atomic E-state index is 0.0328. The summed E-state index contributed by atoms with van der Waals surface area (Å²) in [5, 5.41) is 2.72. The number of amides is 2. The highest BCUT2D eigenvalue weighted by atomic mass is 31.1. The lowest BCUT2D eigenvalue weighted by atomic mass is 9.83. The van der Waals surface area contributed by atoms with Gasteiger partial charge in [0.05, 0.1) is 6.04 Å². The zero-order valence-electron chi connectivity index (χ0n) is 17.4. The average molecular weight is 416 g/mol. The van der Waals surface area contributed by atoms with Crippen molar-refractivity contribution in [3.63, 3.8) is 0 Å². The summed E-state index contributed by atoms with van der Waals surface area (Å²) >= 11 is 0. The Bertz CT molecular complexity index is 595. The molecule has 0 aromatic carbocycles. The van der Waals surface area contributed by atoms with E-state index in [0.29, 0.717) is 25.2 Å². The van der Waals surface area contributed by atoms with E-state index >= 15 is 0 Å². The van der Waals surface area contributed by atoms with Crippen LogP contribution in [0.3, 0.4) is 0 Å². The van der Waals surface area contributed by atoms with E-state index in [0.717, 1.165) is 25.7 Å². The molecule has 2 aliphatic rings. The molecule has 0 spiro atoms. The predicted molar refractivity (Wildman–Crippen MR) is 106 cm³/mol. The summed E-state index contributed by atoms with van der Waals surface area (Å²) in [6.45, 7) is 7.65. The number of hydrogen-bond donors (Lipinski definition) is 3. The molecule has 1 saturated heterocycles. The van der Waals surface area contributed by atoms with Crippen LogP contribution < -0.4 is 11.1 Å². The summed E-state index contributed by atoms with van der Waals surface area (Å²) < 4.78 is 16.0. The van der Waals surface area contributed by atoms with E-state index in [-0.39, 0.29) is 17.9 Å². The van der Waals surface area contributed by atoms with Crippen molar-refractivity contribution < 1.29 is 23.6 Å². The van der Waals surface area contributed by atoms with E-state index in [1.807, 2.05) is 27.7 Å². The summed E-state index contributed by atoms with van der Waals surface area (Å²) in [7, 11) is -2.82. The van der Waals surface area contributed by atoms with Crippen LogP contribution in [0.25, 0.3) is 0 Å². The molecular weight excluding hydrogens is 381 g/mol. The second-order valence-electron chi connectivity index (χ2n) is 9.08. The van der Waals surface area contributed by atoms with E-state index in [2.05, 4.69) is 5.32 Å². The molecular formula is C19H35N3O5P+. The van der Waals surface area contributed by atoms with E-state index in [1.54, 1.807) is 4.90 Å². The van der Waals surface area contributed by atoms with Crippen molar-refractivity contribution in [1.29, 1.82) is 0 Å². The first-order valence-corrected chi connectivity index (χ1v) is 11.4. The van der Waals surface area contributed by atoms with Gasteiger partial charge in [-0.25, -0.2) is 0 Å². The largest absolute Gasteiger partial charge is 0.696 e. The fourth-order valence-electron chi connectivity index (χ4n) is 4.32. The maximum absolute atomic E-state index is 13.3. The molecule has 1 heterocycles. The summed E-state index contributed by atoms with van der Waals surface area (Å²) in [4.78, 5) is 37.1. The third-order valence-electron chi connectivity index (χ3n) is 5.92. The molecule has 1 aliphatic carbocycles. The van der Waals surface area contributed by atoms with Gasteiger partial charge in [-0.15, -0.1) is 4.89 Å². The Morgan fingerprint density at radius 2 is 1.96 bits per heavy atom. The molecule has 4 N–H and O–H groups in total. The van der Waals surface area contributed by atoms with Gasteiger partial charge in [0.15, 0.2) is 6.23 Å². The number of carbonyl (C=O) groups is 2. The van der Waals surface area contributed by atoms with Crippen molar-refractivity contribution in [2.75, 3.05) is 0 Å². The van der Waals surface area contributed by atoms with E-state index in [1.165, 1.54) is 0 Å². The Hall–Kier alpha value is -1.08. The van der Waals surface area contributed by atoms with Crippen LogP contribution in [0.2, 0.25) is 0 Å². The summed E-state index contributed by atoms with van der Waals surface area (Å²) in [6.07, 6.45) is 4.88. The monoisotopic (exact) mass is 416 g/mol. The zero-order valence-corrected chi connectivity index (χ0v) is 18.3. The van der Waals surface area contributed by atoms with Crippen molar-refractivity contribution in [1.82, 2.24) is 10.2 Å². The van der Waals surface area contributed by atoms with Gasteiger partial charge < -0.3 is 16.0 Å². The molecule has 160 valence electrons. The summed E-state index contributed by atoms with van der Waals surface area (Å²) in [6, 6.07) is -1.28. The predicted octanol–water partition coefficient (Wildman–Crippen LogP) is 2.43. The second kappa shape index (κ2) is 9.61. The second-order valence-corrected chi connectivity index (χ2v) is 9.77. The Balaban J connectivity index is 2.22. The van der Waals surface area contributed by atoms with Crippen LogP contribution in [0.1, 0.15) is 72.6 Å². The number of carbonyl (C=O) groups excluding carboxylic acids is 2. The van der Waals surface area contributed by atoms with Crippen LogP contribution >= 0.6 is 8.25 Å². The molecule has 6 atom stereocenters. The molecule has 2 fully saturated rings. The van der Waals surface area contributed by atoms with Gasteiger partial charge in [0.2, 0.25) is 11.8 Å². The molecule has 28 heavy (non-hydrogen) atoms. The highest BCUT2D eigenvalue weighted by Crippen LogP contribution is 2.41. The molecule has 2 rings (SSSR count). The van der Waals surface area contributed by atoms with Gasteiger partial charge in [-0.05, 0) is 37.0 Å². The Labute approximate surface area is 168 Å². The Morgan fingerprint density at radius 3 is 2.54 bits per heavy atom. The maximum Gasteiger partial charge on any atom is 0.696 e. The number of nitrogens with two attached hydrogens (primary N) is 1. The minimum atomic E-state index is -2.82. The lowest BCUT2D eigenvalue weighted by Gasteiger charge is -2.38. The van der Waals surface area contributed by atoms with Gasteiger partial charge in [0.25, 0.3) is 0 Å². The number of rotatable bonds is 7. The molecule has 1 aliphatic heterocycles. The first-order chi connectivity index (χ1) is 13.1.